The fourth-order valence-electron chi connectivity index (χ4n) is 2.71. The van der Waals surface area contributed by atoms with Gasteiger partial charge in [-0.3, -0.25) is 9.20 Å². The number of nitrogens with zero attached hydrogens (tertiary/aromatic N) is 4. The molecule has 1 amide bonds. The van der Waals surface area contributed by atoms with Crippen LogP contribution in [0.4, 0.5) is 0 Å². The number of rotatable bonds is 3. The van der Waals surface area contributed by atoms with Gasteiger partial charge in [-0.15, -0.1) is 0 Å². The topological polar surface area (TPSA) is 80.0 Å². The molecule has 0 spiro atoms. The van der Waals surface area contributed by atoms with Gasteiger partial charge in [0.05, 0.1) is 11.8 Å². The Morgan fingerprint density at radius 1 is 1.52 bits per heavy atom. The van der Waals surface area contributed by atoms with Gasteiger partial charge in [0.15, 0.2) is 0 Å². The van der Waals surface area contributed by atoms with E-state index < -0.39 is 6.10 Å². The summed E-state index contributed by atoms with van der Waals surface area (Å²) in [6.45, 7) is 4.84. The van der Waals surface area contributed by atoms with Crippen molar-refractivity contribution in [1.82, 2.24) is 19.3 Å². The number of hydrogen-bond donors (Lipinski definition) is 1. The largest absolute Gasteiger partial charge is 0.388 e. The van der Waals surface area contributed by atoms with Gasteiger partial charge < -0.3 is 14.7 Å². The fraction of sp³-hybridized carbons (Fsp3) is 0.500. The minimum Gasteiger partial charge on any atom is -0.388 e. The van der Waals surface area contributed by atoms with Crippen LogP contribution in [-0.4, -0.2) is 62.2 Å². The molecular weight excluding hydrogens is 272 g/mol. The van der Waals surface area contributed by atoms with Crippen LogP contribution in [-0.2, 0) is 4.74 Å². The number of carbonyl (C=O) groups excluding carboxylic acids is 1. The summed E-state index contributed by atoms with van der Waals surface area (Å²) in [7, 11) is 0. The van der Waals surface area contributed by atoms with E-state index >= 15 is 0 Å². The first kappa shape index (κ1) is 14.0. The van der Waals surface area contributed by atoms with Crippen molar-refractivity contribution in [2.45, 2.75) is 26.1 Å². The third-order valence-electron chi connectivity index (χ3n) is 3.69. The maximum atomic E-state index is 12.7. The molecule has 0 radical (unpaired) electrons. The molecule has 1 fully saturated rings. The molecule has 3 heterocycles. The van der Waals surface area contributed by atoms with Gasteiger partial charge in [-0.25, -0.2) is 9.97 Å². The number of hydrogen-bond acceptors (Lipinski definition) is 5. The van der Waals surface area contributed by atoms with Crippen molar-refractivity contribution < 1.29 is 14.6 Å². The maximum absolute atomic E-state index is 12.7. The van der Waals surface area contributed by atoms with E-state index in [2.05, 4.69) is 9.97 Å². The molecule has 1 aliphatic rings. The van der Waals surface area contributed by atoms with Gasteiger partial charge in [-0.05, 0) is 19.9 Å². The fourth-order valence-corrected chi connectivity index (χ4v) is 2.71. The van der Waals surface area contributed by atoms with Crippen molar-refractivity contribution in [2.75, 3.05) is 19.7 Å². The van der Waals surface area contributed by atoms with Crippen LogP contribution < -0.4 is 0 Å². The van der Waals surface area contributed by atoms with E-state index in [1.807, 2.05) is 6.92 Å². The summed E-state index contributed by atoms with van der Waals surface area (Å²) in [6, 6.07) is 1.76. The van der Waals surface area contributed by atoms with E-state index in [4.69, 9.17) is 4.74 Å². The van der Waals surface area contributed by atoms with Crippen molar-refractivity contribution in [3.63, 3.8) is 0 Å². The third-order valence-corrected chi connectivity index (χ3v) is 3.69. The van der Waals surface area contributed by atoms with Gasteiger partial charge in [-0.2, -0.15) is 0 Å². The first-order chi connectivity index (χ1) is 10.1. The quantitative estimate of drug-likeness (QED) is 0.877. The van der Waals surface area contributed by atoms with Crippen LogP contribution in [0.3, 0.4) is 0 Å². The number of amides is 1. The van der Waals surface area contributed by atoms with Crippen molar-refractivity contribution in [3.05, 3.63) is 29.8 Å². The van der Waals surface area contributed by atoms with Gasteiger partial charge in [0, 0.05) is 32.1 Å². The maximum Gasteiger partial charge on any atom is 0.273 e. The minimum absolute atomic E-state index is 0.158. The Morgan fingerprint density at radius 2 is 2.33 bits per heavy atom. The molecule has 0 saturated carbocycles. The smallest absolute Gasteiger partial charge is 0.273 e. The molecule has 7 heteroatoms. The molecular formula is C14H18N4O3. The Kier molecular flexibility index (Phi) is 3.60. The predicted molar refractivity (Wildman–Crippen MR) is 75.0 cm³/mol. The Morgan fingerprint density at radius 3 is 3.10 bits per heavy atom. The average Bonchev–Trinajstić information content (AvgIpc) is 2.99. The van der Waals surface area contributed by atoms with Crippen molar-refractivity contribution in [2.24, 2.45) is 0 Å². The van der Waals surface area contributed by atoms with E-state index in [1.54, 1.807) is 34.7 Å². The van der Waals surface area contributed by atoms with E-state index in [0.717, 1.165) is 0 Å². The van der Waals surface area contributed by atoms with Crippen molar-refractivity contribution >= 4 is 11.7 Å². The van der Waals surface area contributed by atoms with Crippen molar-refractivity contribution in [1.29, 1.82) is 0 Å². The van der Waals surface area contributed by atoms with Gasteiger partial charge in [0.1, 0.15) is 11.8 Å². The number of ether oxygens (including phenoxy) is 1. The zero-order valence-electron chi connectivity index (χ0n) is 12.1. The van der Waals surface area contributed by atoms with Crippen LogP contribution in [0.5, 0.6) is 0 Å². The lowest BCUT2D eigenvalue weighted by Crippen LogP contribution is -2.31. The number of β-amino-alcohol motifs (C(OH)–C–C–N with tert-alkyl or cyclic N) is 1. The zero-order chi connectivity index (χ0) is 15.0. The molecule has 7 nitrogen and oxygen atoms in total. The number of aliphatic hydroxyl groups is 1. The van der Waals surface area contributed by atoms with Crippen LogP contribution in [0.1, 0.15) is 23.1 Å². The molecule has 0 unspecified atom stereocenters. The Balaban J connectivity index is 1.90. The highest BCUT2D eigenvalue weighted by Crippen LogP contribution is 2.19. The molecule has 1 N–H and O–H groups in total. The summed E-state index contributed by atoms with van der Waals surface area (Å²) in [6.07, 6.45) is 2.44. The highest BCUT2D eigenvalue weighted by molar-refractivity contribution is 5.94. The molecule has 2 aromatic heterocycles. The SMILES string of the molecule is CCO[C@H]1CN(C(=O)c2c(C)nc3ncccn23)C[C@@H]1O. The molecule has 1 aliphatic heterocycles. The van der Waals surface area contributed by atoms with Gasteiger partial charge in [-0.1, -0.05) is 0 Å². The molecule has 2 atom stereocenters. The summed E-state index contributed by atoms with van der Waals surface area (Å²) in [5.74, 6) is 0.341. The number of carbonyl (C=O) groups is 1. The zero-order valence-corrected chi connectivity index (χ0v) is 12.1. The summed E-state index contributed by atoms with van der Waals surface area (Å²) in [4.78, 5) is 22.7. The molecule has 0 bridgehead atoms. The van der Waals surface area contributed by atoms with E-state index in [-0.39, 0.29) is 18.6 Å². The molecule has 0 aliphatic carbocycles. The van der Waals surface area contributed by atoms with Crippen LogP contribution in [0.2, 0.25) is 0 Å². The second-order valence-electron chi connectivity index (χ2n) is 5.11. The molecule has 2 aromatic rings. The number of aromatic nitrogens is 3. The minimum atomic E-state index is -0.647. The van der Waals surface area contributed by atoms with Gasteiger partial charge in [0.25, 0.3) is 5.91 Å². The molecule has 0 aromatic carbocycles. The summed E-state index contributed by atoms with van der Waals surface area (Å²) >= 11 is 0. The standard InChI is InChI=1S/C14H18N4O3/c1-3-21-11-8-17(7-10(11)19)13(20)12-9(2)16-14-15-5-4-6-18(12)14/h4-6,10-11,19H,3,7-8H2,1-2H3/t10-,11-/m0/s1. The van der Waals surface area contributed by atoms with Gasteiger partial charge >= 0.3 is 0 Å². The molecule has 112 valence electrons. The Labute approximate surface area is 122 Å². The lowest BCUT2D eigenvalue weighted by Gasteiger charge is -2.16. The number of aryl methyl sites for hydroxylation is 1. The molecule has 1 saturated heterocycles. The molecule has 3 rings (SSSR count). The lowest BCUT2D eigenvalue weighted by molar-refractivity contribution is -0.00237. The Hall–Kier alpha value is -1.99. The van der Waals surface area contributed by atoms with E-state index in [1.165, 1.54) is 0 Å². The normalized spacial score (nSPS) is 22.1. The first-order valence-corrected chi connectivity index (χ1v) is 7.00. The Bertz CT molecular complexity index is 669. The number of aliphatic hydroxyl groups excluding tert-OH is 1. The second kappa shape index (κ2) is 5.42. The van der Waals surface area contributed by atoms with Crippen molar-refractivity contribution in [3.8, 4) is 0 Å². The number of likely N-dealkylation sites (tertiary alicyclic amines) is 1. The second-order valence-corrected chi connectivity index (χ2v) is 5.11. The predicted octanol–water partition coefficient (Wildman–Crippen LogP) is 0.260. The van der Waals surface area contributed by atoms with E-state index in [0.29, 0.717) is 30.3 Å². The number of fused-ring (bicyclic) bond motifs is 1. The van der Waals surface area contributed by atoms with Gasteiger partial charge in [0.2, 0.25) is 5.78 Å². The summed E-state index contributed by atoms with van der Waals surface area (Å²) < 4.78 is 7.13. The summed E-state index contributed by atoms with van der Waals surface area (Å²) in [5, 5.41) is 9.97. The van der Waals surface area contributed by atoms with Crippen LogP contribution in [0.15, 0.2) is 18.5 Å². The van der Waals surface area contributed by atoms with Crippen LogP contribution in [0.25, 0.3) is 5.78 Å². The highest BCUT2D eigenvalue weighted by atomic mass is 16.5. The number of imidazole rings is 1. The van der Waals surface area contributed by atoms with Crippen LogP contribution >= 0.6 is 0 Å². The summed E-state index contributed by atoms with van der Waals surface area (Å²) in [5.41, 5.74) is 1.12. The lowest BCUT2D eigenvalue weighted by atomic mass is 10.3. The van der Waals surface area contributed by atoms with Crippen LogP contribution in [0, 0.1) is 6.92 Å². The third kappa shape index (κ3) is 2.38. The highest BCUT2D eigenvalue weighted by Gasteiger charge is 2.36. The average molecular weight is 290 g/mol. The monoisotopic (exact) mass is 290 g/mol. The first-order valence-electron chi connectivity index (χ1n) is 7.00. The van der Waals surface area contributed by atoms with E-state index in [9.17, 15) is 9.90 Å². The molecule has 21 heavy (non-hydrogen) atoms.